The van der Waals surface area contributed by atoms with Crippen molar-refractivity contribution < 1.29 is 9.53 Å². The molecule has 0 saturated carbocycles. The number of aryl methyl sites for hydroxylation is 1. The molecule has 0 radical (unpaired) electrons. The van der Waals surface area contributed by atoms with E-state index in [4.69, 9.17) is 4.74 Å². The molecule has 0 spiro atoms. The summed E-state index contributed by atoms with van der Waals surface area (Å²) in [5, 5.41) is 2.75. The molecule has 1 saturated heterocycles. The van der Waals surface area contributed by atoms with Crippen LogP contribution >= 0.6 is 11.3 Å². The Hall–Kier alpha value is -2.80. The minimum atomic E-state index is 0.00751. The number of ether oxygens (including phenoxy) is 1. The monoisotopic (exact) mass is 396 g/mol. The third-order valence-electron chi connectivity index (χ3n) is 5.31. The van der Waals surface area contributed by atoms with E-state index in [0.29, 0.717) is 18.8 Å². The van der Waals surface area contributed by atoms with Gasteiger partial charge in [-0.3, -0.25) is 4.79 Å². The normalized spacial score (nSPS) is 14.4. The van der Waals surface area contributed by atoms with Gasteiger partial charge in [0.15, 0.2) is 0 Å². The van der Waals surface area contributed by atoms with E-state index in [2.05, 4.69) is 39.6 Å². The molecule has 0 unspecified atom stereocenters. The van der Waals surface area contributed by atoms with Crippen molar-refractivity contribution in [3.63, 3.8) is 0 Å². The first-order chi connectivity index (χ1) is 13.6. The number of rotatable bonds is 4. The number of hydrogen-bond acceptors (Lipinski definition) is 5. The lowest BCUT2D eigenvalue weighted by atomic mass is 10.2. The molecule has 1 aliphatic heterocycles. The van der Waals surface area contributed by atoms with E-state index >= 15 is 0 Å². The Bertz CT molecular complexity index is 986. The van der Waals surface area contributed by atoms with Crippen LogP contribution < -0.4 is 9.64 Å². The molecule has 0 N–H and O–H groups in total. The van der Waals surface area contributed by atoms with E-state index in [1.807, 2.05) is 35.5 Å². The Labute approximate surface area is 169 Å². The predicted molar refractivity (Wildman–Crippen MR) is 112 cm³/mol. The van der Waals surface area contributed by atoms with Gasteiger partial charge < -0.3 is 19.1 Å². The van der Waals surface area contributed by atoms with Crippen LogP contribution in [0.25, 0.3) is 10.7 Å². The van der Waals surface area contributed by atoms with E-state index in [1.165, 1.54) is 17.0 Å². The molecule has 1 amide bonds. The van der Waals surface area contributed by atoms with Crippen LogP contribution in [0.4, 0.5) is 5.69 Å². The number of carbonyl (C=O) groups is 1. The van der Waals surface area contributed by atoms with Gasteiger partial charge in [-0.1, -0.05) is 12.1 Å². The SMILES string of the molecule is COc1ccccc1N1CCN(C(=O)c2csc(-c3ccc(C)n3C)n2)CC1. The van der Waals surface area contributed by atoms with E-state index in [9.17, 15) is 4.79 Å². The number of aromatic nitrogens is 2. The van der Waals surface area contributed by atoms with Gasteiger partial charge >= 0.3 is 0 Å². The average molecular weight is 397 g/mol. The highest BCUT2D eigenvalue weighted by molar-refractivity contribution is 7.13. The summed E-state index contributed by atoms with van der Waals surface area (Å²) in [5.74, 6) is 0.873. The number of nitrogens with zero attached hydrogens (tertiary/aromatic N) is 4. The summed E-state index contributed by atoms with van der Waals surface area (Å²) in [6.45, 7) is 4.96. The van der Waals surface area contributed by atoms with Crippen LogP contribution in [0.5, 0.6) is 5.75 Å². The van der Waals surface area contributed by atoms with Gasteiger partial charge in [0.05, 0.1) is 18.5 Å². The minimum Gasteiger partial charge on any atom is -0.495 e. The largest absolute Gasteiger partial charge is 0.495 e. The van der Waals surface area contributed by atoms with Crippen LogP contribution in [0.2, 0.25) is 0 Å². The number of amides is 1. The Morgan fingerprint density at radius 3 is 2.54 bits per heavy atom. The maximum absolute atomic E-state index is 12.9. The summed E-state index contributed by atoms with van der Waals surface area (Å²) in [4.78, 5) is 21.7. The maximum Gasteiger partial charge on any atom is 0.273 e. The Kier molecular flexibility index (Phi) is 5.09. The third kappa shape index (κ3) is 3.38. The maximum atomic E-state index is 12.9. The van der Waals surface area contributed by atoms with Crippen molar-refractivity contribution in [2.75, 3.05) is 38.2 Å². The molecular formula is C21H24N4O2S. The van der Waals surface area contributed by atoms with Crippen molar-refractivity contribution in [2.45, 2.75) is 6.92 Å². The van der Waals surface area contributed by atoms with E-state index in [0.717, 1.165) is 35.2 Å². The first kappa shape index (κ1) is 18.6. The molecule has 28 heavy (non-hydrogen) atoms. The fourth-order valence-corrected chi connectivity index (χ4v) is 4.37. The molecular weight excluding hydrogens is 372 g/mol. The van der Waals surface area contributed by atoms with Gasteiger partial charge in [0.25, 0.3) is 5.91 Å². The van der Waals surface area contributed by atoms with Crippen LogP contribution in [-0.2, 0) is 7.05 Å². The zero-order chi connectivity index (χ0) is 19.7. The molecule has 0 atom stereocenters. The topological polar surface area (TPSA) is 50.6 Å². The minimum absolute atomic E-state index is 0.00751. The number of methoxy groups -OCH3 is 1. The fourth-order valence-electron chi connectivity index (χ4n) is 3.52. The van der Waals surface area contributed by atoms with Gasteiger partial charge in [0.1, 0.15) is 16.5 Å². The zero-order valence-electron chi connectivity index (χ0n) is 16.4. The summed E-state index contributed by atoms with van der Waals surface area (Å²) < 4.78 is 7.56. The Balaban J connectivity index is 1.44. The highest BCUT2D eigenvalue weighted by atomic mass is 32.1. The molecule has 2 aromatic heterocycles. The lowest BCUT2D eigenvalue weighted by Crippen LogP contribution is -2.49. The Morgan fingerprint density at radius 1 is 1.11 bits per heavy atom. The van der Waals surface area contributed by atoms with Crippen molar-refractivity contribution in [1.29, 1.82) is 0 Å². The number of para-hydroxylation sites is 2. The second kappa shape index (κ2) is 7.67. The van der Waals surface area contributed by atoms with Crippen LogP contribution in [-0.4, -0.2) is 53.6 Å². The van der Waals surface area contributed by atoms with Gasteiger partial charge in [-0.2, -0.15) is 0 Å². The van der Waals surface area contributed by atoms with Crippen LogP contribution in [0.15, 0.2) is 41.8 Å². The molecule has 1 aliphatic rings. The van der Waals surface area contributed by atoms with Gasteiger partial charge in [-0.05, 0) is 31.2 Å². The number of piperazine rings is 1. The standard InChI is InChI=1S/C21H24N4O2S/c1-15-8-9-18(23(15)2)20-22-16(14-28-20)21(26)25-12-10-24(11-13-25)17-6-4-5-7-19(17)27-3/h4-9,14H,10-13H2,1-3H3. The lowest BCUT2D eigenvalue weighted by molar-refractivity contribution is 0.0741. The third-order valence-corrected chi connectivity index (χ3v) is 6.17. The first-order valence-corrected chi connectivity index (χ1v) is 10.2. The van der Waals surface area contributed by atoms with Crippen LogP contribution in [0.1, 0.15) is 16.2 Å². The molecule has 3 aromatic rings. The fraction of sp³-hybridized carbons (Fsp3) is 0.333. The molecule has 4 rings (SSSR count). The number of anilines is 1. The van der Waals surface area contributed by atoms with Gasteiger partial charge in [0.2, 0.25) is 0 Å². The van der Waals surface area contributed by atoms with Crippen molar-refractivity contribution >= 4 is 22.9 Å². The number of benzene rings is 1. The molecule has 7 heteroatoms. The Morgan fingerprint density at radius 2 is 1.86 bits per heavy atom. The molecule has 0 bridgehead atoms. The van der Waals surface area contributed by atoms with Crippen molar-refractivity contribution in [3.05, 3.63) is 53.2 Å². The summed E-state index contributed by atoms with van der Waals surface area (Å²) in [5.41, 5.74) is 3.82. The summed E-state index contributed by atoms with van der Waals surface area (Å²) in [6, 6.07) is 12.1. The zero-order valence-corrected chi connectivity index (χ0v) is 17.2. The van der Waals surface area contributed by atoms with Gasteiger partial charge in [-0.25, -0.2) is 4.98 Å². The number of carbonyl (C=O) groups excluding carboxylic acids is 1. The second-order valence-corrected chi connectivity index (χ2v) is 7.77. The first-order valence-electron chi connectivity index (χ1n) is 9.34. The van der Waals surface area contributed by atoms with E-state index in [1.54, 1.807) is 7.11 Å². The molecule has 146 valence electrons. The average Bonchev–Trinajstić information content (AvgIpc) is 3.35. The molecule has 1 aromatic carbocycles. The van der Waals surface area contributed by atoms with Crippen molar-refractivity contribution in [3.8, 4) is 16.5 Å². The van der Waals surface area contributed by atoms with Crippen molar-refractivity contribution in [1.82, 2.24) is 14.5 Å². The van der Waals surface area contributed by atoms with Gasteiger partial charge in [-0.15, -0.1) is 11.3 Å². The summed E-state index contributed by atoms with van der Waals surface area (Å²) in [6.07, 6.45) is 0. The molecule has 6 nitrogen and oxygen atoms in total. The molecule has 0 aliphatic carbocycles. The highest BCUT2D eigenvalue weighted by Gasteiger charge is 2.25. The molecule has 3 heterocycles. The number of hydrogen-bond donors (Lipinski definition) is 0. The number of thiazole rings is 1. The smallest absolute Gasteiger partial charge is 0.273 e. The summed E-state index contributed by atoms with van der Waals surface area (Å²) >= 11 is 1.52. The molecule has 1 fully saturated rings. The van der Waals surface area contributed by atoms with Gasteiger partial charge in [0, 0.05) is 44.3 Å². The summed E-state index contributed by atoms with van der Waals surface area (Å²) in [7, 11) is 3.71. The van der Waals surface area contributed by atoms with Crippen LogP contribution in [0.3, 0.4) is 0 Å². The lowest BCUT2D eigenvalue weighted by Gasteiger charge is -2.36. The second-order valence-electron chi connectivity index (χ2n) is 6.91. The van der Waals surface area contributed by atoms with E-state index < -0.39 is 0 Å². The predicted octanol–water partition coefficient (Wildman–Crippen LogP) is 3.43. The van der Waals surface area contributed by atoms with Crippen LogP contribution in [0, 0.1) is 6.92 Å². The van der Waals surface area contributed by atoms with Crippen molar-refractivity contribution in [2.24, 2.45) is 7.05 Å². The van der Waals surface area contributed by atoms with E-state index in [-0.39, 0.29) is 5.91 Å². The highest BCUT2D eigenvalue weighted by Crippen LogP contribution is 2.29. The quantitative estimate of drug-likeness (QED) is 0.678.